The number of allylic oxidation sites excluding steroid dienone is 4. The van der Waals surface area contributed by atoms with E-state index in [1.807, 2.05) is 6.92 Å². The molecule has 4 rings (SSSR count). The van der Waals surface area contributed by atoms with Crippen LogP contribution in [0.4, 0.5) is 0 Å². The van der Waals surface area contributed by atoms with Gasteiger partial charge in [0.2, 0.25) is 0 Å². The van der Waals surface area contributed by atoms with Crippen molar-refractivity contribution in [3.8, 4) is 5.75 Å². The molecule has 0 atom stereocenters. The second-order valence-electron chi connectivity index (χ2n) is 7.79. The number of ether oxygens (including phenoxy) is 1. The van der Waals surface area contributed by atoms with Crippen LogP contribution in [0.2, 0.25) is 5.02 Å². The van der Waals surface area contributed by atoms with Crippen molar-refractivity contribution >= 4 is 29.1 Å². The van der Waals surface area contributed by atoms with Gasteiger partial charge >= 0.3 is 0 Å². The van der Waals surface area contributed by atoms with Crippen LogP contribution in [0.25, 0.3) is 0 Å². The van der Waals surface area contributed by atoms with Crippen molar-refractivity contribution in [3.05, 3.63) is 51.3 Å². The molecule has 7 heteroatoms. The Bertz CT molecular complexity index is 949. The summed E-state index contributed by atoms with van der Waals surface area (Å²) < 4.78 is 5.49. The van der Waals surface area contributed by atoms with Crippen LogP contribution in [0.1, 0.15) is 56.9 Å². The fourth-order valence-electron chi connectivity index (χ4n) is 4.92. The predicted molar refractivity (Wildman–Crippen MR) is 109 cm³/mol. The second kappa shape index (κ2) is 8.26. The van der Waals surface area contributed by atoms with Gasteiger partial charge in [-0.1, -0.05) is 11.6 Å². The molecule has 0 saturated carbocycles. The number of aliphatic carboxylic acids is 1. The van der Waals surface area contributed by atoms with Crippen LogP contribution in [-0.4, -0.2) is 35.6 Å². The van der Waals surface area contributed by atoms with E-state index in [4.69, 9.17) is 16.3 Å². The van der Waals surface area contributed by atoms with E-state index in [1.54, 1.807) is 18.2 Å². The molecule has 6 nitrogen and oxygen atoms in total. The topological polar surface area (TPSA) is 86.7 Å². The largest absolute Gasteiger partial charge is 0.546 e. The lowest BCUT2D eigenvalue weighted by molar-refractivity contribution is -0.307. The third-order valence-corrected chi connectivity index (χ3v) is 6.27. The predicted octanol–water partition coefficient (Wildman–Crippen LogP) is 2.90. The molecule has 0 saturated heterocycles. The van der Waals surface area contributed by atoms with Gasteiger partial charge in [-0.25, -0.2) is 0 Å². The highest BCUT2D eigenvalue weighted by Gasteiger charge is 2.43. The SMILES string of the molecule is CCN1C2=C(C(=O)CCC2)C(c2cc(Cl)ccc2OCC(=O)[O-])C2=C1CCCC2=O. The Balaban J connectivity index is 1.95. The summed E-state index contributed by atoms with van der Waals surface area (Å²) in [6, 6.07) is 4.87. The molecule has 1 aromatic carbocycles. The van der Waals surface area contributed by atoms with Crippen LogP contribution in [0.5, 0.6) is 5.75 Å². The number of nitrogens with zero attached hydrogens (tertiary/aromatic N) is 1. The van der Waals surface area contributed by atoms with Gasteiger partial charge in [-0.2, -0.15) is 0 Å². The van der Waals surface area contributed by atoms with Crippen LogP contribution >= 0.6 is 11.6 Å². The van der Waals surface area contributed by atoms with Crippen LogP contribution in [0, 0.1) is 0 Å². The van der Waals surface area contributed by atoms with Gasteiger partial charge in [0.15, 0.2) is 11.6 Å². The van der Waals surface area contributed by atoms with Gasteiger partial charge in [0.05, 0.1) is 5.97 Å². The third kappa shape index (κ3) is 3.54. The Hall–Kier alpha value is -2.60. The van der Waals surface area contributed by atoms with Gasteiger partial charge in [0.1, 0.15) is 12.4 Å². The van der Waals surface area contributed by atoms with E-state index >= 15 is 0 Å². The van der Waals surface area contributed by atoms with Gasteiger partial charge in [-0.15, -0.1) is 0 Å². The molecule has 0 bridgehead atoms. The van der Waals surface area contributed by atoms with Gasteiger partial charge in [-0.3, -0.25) is 9.59 Å². The Morgan fingerprint density at radius 3 is 2.23 bits per heavy atom. The number of carboxylic acid groups (broad SMARTS) is 1. The summed E-state index contributed by atoms with van der Waals surface area (Å²) in [5.41, 5.74) is 3.75. The Morgan fingerprint density at radius 1 is 1.10 bits per heavy atom. The van der Waals surface area contributed by atoms with Crippen LogP contribution < -0.4 is 9.84 Å². The molecule has 1 aromatic rings. The van der Waals surface area contributed by atoms with E-state index in [-0.39, 0.29) is 11.6 Å². The number of halogens is 1. The van der Waals surface area contributed by atoms with Crippen molar-refractivity contribution in [2.75, 3.05) is 13.2 Å². The molecule has 0 aromatic heterocycles. The van der Waals surface area contributed by atoms with E-state index in [1.165, 1.54) is 0 Å². The first-order valence-electron chi connectivity index (χ1n) is 10.3. The van der Waals surface area contributed by atoms with Crippen molar-refractivity contribution in [2.24, 2.45) is 0 Å². The zero-order valence-electron chi connectivity index (χ0n) is 16.8. The fourth-order valence-corrected chi connectivity index (χ4v) is 5.10. The van der Waals surface area contributed by atoms with Crippen molar-refractivity contribution in [2.45, 2.75) is 51.4 Å². The highest BCUT2D eigenvalue weighted by molar-refractivity contribution is 6.30. The highest BCUT2D eigenvalue weighted by Crippen LogP contribution is 2.51. The van der Waals surface area contributed by atoms with E-state index in [0.717, 1.165) is 37.1 Å². The maximum atomic E-state index is 13.1. The highest BCUT2D eigenvalue weighted by atomic mass is 35.5. The maximum absolute atomic E-state index is 13.1. The number of carbonyl (C=O) groups excluding carboxylic acids is 3. The van der Waals surface area contributed by atoms with Crippen LogP contribution in [-0.2, 0) is 14.4 Å². The lowest BCUT2D eigenvalue weighted by atomic mass is 9.70. The minimum atomic E-state index is -1.35. The molecule has 1 aliphatic heterocycles. The summed E-state index contributed by atoms with van der Waals surface area (Å²) in [6.45, 7) is 2.10. The molecule has 0 amide bonds. The molecule has 0 radical (unpaired) electrons. The first-order chi connectivity index (χ1) is 14.4. The first kappa shape index (κ1) is 20.7. The minimum absolute atomic E-state index is 0.0236. The molecule has 30 heavy (non-hydrogen) atoms. The van der Waals surface area contributed by atoms with Crippen molar-refractivity contribution < 1.29 is 24.2 Å². The quantitative estimate of drug-likeness (QED) is 0.716. The molecule has 0 spiro atoms. The van der Waals surface area contributed by atoms with Gasteiger partial charge in [0, 0.05) is 58.4 Å². The Labute approximate surface area is 180 Å². The number of hydrogen-bond acceptors (Lipinski definition) is 6. The van der Waals surface area contributed by atoms with E-state index in [9.17, 15) is 19.5 Å². The molecule has 0 N–H and O–H groups in total. The van der Waals surface area contributed by atoms with Gasteiger partial charge < -0.3 is 19.5 Å². The molecule has 1 heterocycles. The normalized spacial score (nSPS) is 19.7. The van der Waals surface area contributed by atoms with Crippen molar-refractivity contribution in [3.63, 3.8) is 0 Å². The van der Waals surface area contributed by atoms with Crippen LogP contribution in [0.15, 0.2) is 40.7 Å². The second-order valence-corrected chi connectivity index (χ2v) is 8.23. The lowest BCUT2D eigenvalue weighted by Crippen LogP contribution is -2.39. The van der Waals surface area contributed by atoms with Crippen LogP contribution in [0.3, 0.4) is 0 Å². The van der Waals surface area contributed by atoms with E-state index in [0.29, 0.717) is 46.9 Å². The Morgan fingerprint density at radius 2 is 1.70 bits per heavy atom. The molecular weight excluding hydrogens is 406 g/mol. The fraction of sp³-hybridized carbons (Fsp3) is 0.435. The number of ketones is 2. The number of carbonyl (C=O) groups is 3. The van der Waals surface area contributed by atoms with Crippen molar-refractivity contribution in [1.29, 1.82) is 0 Å². The minimum Gasteiger partial charge on any atom is -0.546 e. The molecule has 3 aliphatic rings. The maximum Gasteiger partial charge on any atom is 0.161 e. The Kier molecular flexibility index (Phi) is 5.69. The first-order valence-corrected chi connectivity index (χ1v) is 10.7. The summed E-state index contributed by atoms with van der Waals surface area (Å²) in [7, 11) is 0. The molecule has 2 aliphatic carbocycles. The summed E-state index contributed by atoms with van der Waals surface area (Å²) >= 11 is 6.28. The summed E-state index contributed by atoms with van der Waals surface area (Å²) in [4.78, 5) is 39.4. The smallest absolute Gasteiger partial charge is 0.161 e. The number of Topliss-reactive ketones (excluding diaryl/α,β-unsaturated/α-hetero) is 2. The summed E-state index contributed by atoms with van der Waals surface area (Å²) in [5, 5.41) is 11.4. The monoisotopic (exact) mass is 428 g/mol. The standard InChI is InChI=1S/C23H24ClNO5/c1-2-25-15-5-3-7-17(26)22(15)21(23-16(25)6-4-8-18(23)27)14-11-13(24)9-10-19(14)30-12-20(28)29/h9-11,21H,2-8,12H2,1H3,(H,28,29)/p-1. The lowest BCUT2D eigenvalue weighted by Gasteiger charge is -2.43. The number of hydrogen-bond donors (Lipinski definition) is 0. The zero-order chi connectivity index (χ0) is 21.4. The average Bonchev–Trinajstić information content (AvgIpc) is 2.71. The van der Waals surface area contributed by atoms with Gasteiger partial charge in [0.25, 0.3) is 0 Å². The zero-order valence-corrected chi connectivity index (χ0v) is 17.6. The third-order valence-electron chi connectivity index (χ3n) is 6.03. The molecule has 158 valence electrons. The van der Waals surface area contributed by atoms with Crippen molar-refractivity contribution in [1.82, 2.24) is 4.90 Å². The molecular formula is C23H23ClNO5-. The number of benzene rings is 1. The number of rotatable bonds is 5. The average molecular weight is 429 g/mol. The summed E-state index contributed by atoms with van der Waals surface area (Å²) in [6.07, 6.45) is 3.96. The van der Waals surface area contributed by atoms with E-state index in [2.05, 4.69) is 4.90 Å². The summed E-state index contributed by atoms with van der Waals surface area (Å²) in [5.74, 6) is -1.59. The van der Waals surface area contributed by atoms with Gasteiger partial charge in [-0.05, 0) is 50.8 Å². The molecule has 0 fully saturated rings. The number of carboxylic acids is 1. The van der Waals surface area contributed by atoms with E-state index < -0.39 is 18.5 Å². The molecule has 0 unspecified atom stereocenters.